The summed E-state index contributed by atoms with van der Waals surface area (Å²) in [6.45, 7) is 3.44. The van der Waals surface area contributed by atoms with Gasteiger partial charge in [0.2, 0.25) is 11.8 Å². The average Bonchev–Trinajstić information content (AvgIpc) is 2.85. The first-order valence-electron chi connectivity index (χ1n) is 7.94. The first kappa shape index (κ1) is 20.3. The molecule has 0 aliphatic heterocycles. The maximum atomic E-state index is 12.2. The number of hydrogen-bond acceptors (Lipinski definition) is 4. The number of nitrogens with zero attached hydrogens (tertiary/aromatic N) is 3. The smallest absolute Gasteiger partial charge is 0.406 e. The Morgan fingerprint density at radius 1 is 1.22 bits per heavy atom. The van der Waals surface area contributed by atoms with Crippen molar-refractivity contribution in [1.29, 1.82) is 0 Å². The van der Waals surface area contributed by atoms with E-state index in [1.807, 2.05) is 19.9 Å². The van der Waals surface area contributed by atoms with Crippen LogP contribution in [0.4, 0.5) is 18.9 Å². The van der Waals surface area contributed by atoms with Crippen molar-refractivity contribution in [2.45, 2.75) is 26.8 Å². The molecule has 27 heavy (non-hydrogen) atoms. The zero-order chi connectivity index (χ0) is 20.2. The zero-order valence-corrected chi connectivity index (χ0v) is 15.0. The number of likely N-dealkylation sites (N-methyl/N-ethyl adjacent to an activating group) is 1. The molecular weight excluding hydrogens is 365 g/mol. The van der Waals surface area contributed by atoms with Gasteiger partial charge < -0.3 is 15.0 Å². The topological polar surface area (TPSA) is 76.5 Å². The molecule has 1 aromatic heterocycles. The SMILES string of the molecule is Cc1cc(C)n(CC(=O)N(C)CC(=O)Nc2ccc(OC(F)(F)F)cc2)n1. The minimum absolute atomic E-state index is 0.00688. The number of aromatic nitrogens is 2. The van der Waals surface area contributed by atoms with Gasteiger partial charge in [-0.2, -0.15) is 5.10 Å². The van der Waals surface area contributed by atoms with E-state index in [4.69, 9.17) is 0 Å². The predicted molar refractivity (Wildman–Crippen MR) is 91.1 cm³/mol. The van der Waals surface area contributed by atoms with E-state index in [1.54, 1.807) is 4.68 Å². The largest absolute Gasteiger partial charge is 0.573 e. The van der Waals surface area contributed by atoms with Gasteiger partial charge in [-0.25, -0.2) is 0 Å². The molecular formula is C17H19F3N4O3. The Balaban J connectivity index is 1.87. The molecule has 0 aliphatic carbocycles. The van der Waals surface area contributed by atoms with Gasteiger partial charge in [0, 0.05) is 18.4 Å². The van der Waals surface area contributed by atoms with Crippen LogP contribution in [-0.2, 0) is 16.1 Å². The molecule has 10 heteroatoms. The highest BCUT2D eigenvalue weighted by Crippen LogP contribution is 2.23. The van der Waals surface area contributed by atoms with Crippen LogP contribution in [0.1, 0.15) is 11.4 Å². The lowest BCUT2D eigenvalue weighted by Crippen LogP contribution is -2.37. The fourth-order valence-electron chi connectivity index (χ4n) is 2.33. The van der Waals surface area contributed by atoms with Crippen LogP contribution in [-0.4, -0.2) is 46.4 Å². The van der Waals surface area contributed by atoms with Crippen LogP contribution in [0, 0.1) is 13.8 Å². The Bertz CT molecular complexity index is 816. The van der Waals surface area contributed by atoms with Gasteiger partial charge in [0.25, 0.3) is 0 Å². The van der Waals surface area contributed by atoms with Crippen LogP contribution in [0.3, 0.4) is 0 Å². The highest BCUT2D eigenvalue weighted by Gasteiger charge is 2.31. The van der Waals surface area contributed by atoms with Crippen LogP contribution in [0.15, 0.2) is 30.3 Å². The number of alkyl halides is 3. The summed E-state index contributed by atoms with van der Waals surface area (Å²) >= 11 is 0. The summed E-state index contributed by atoms with van der Waals surface area (Å²) in [5.74, 6) is -1.17. The Hall–Kier alpha value is -3.04. The van der Waals surface area contributed by atoms with Gasteiger partial charge in [0.15, 0.2) is 0 Å². The number of aryl methyl sites for hydroxylation is 2. The predicted octanol–water partition coefficient (Wildman–Crippen LogP) is 2.50. The molecule has 2 amide bonds. The van der Waals surface area contributed by atoms with Crippen LogP contribution in [0.25, 0.3) is 0 Å². The van der Waals surface area contributed by atoms with E-state index in [-0.39, 0.29) is 24.7 Å². The molecule has 0 spiro atoms. The third-order valence-corrected chi connectivity index (χ3v) is 3.57. The highest BCUT2D eigenvalue weighted by molar-refractivity contribution is 5.94. The van der Waals surface area contributed by atoms with Crippen molar-refractivity contribution in [1.82, 2.24) is 14.7 Å². The Morgan fingerprint density at radius 2 is 1.85 bits per heavy atom. The lowest BCUT2D eigenvalue weighted by atomic mass is 10.3. The van der Waals surface area contributed by atoms with Crippen molar-refractivity contribution < 1.29 is 27.5 Å². The van der Waals surface area contributed by atoms with E-state index in [1.165, 1.54) is 24.1 Å². The van der Waals surface area contributed by atoms with Gasteiger partial charge in [-0.05, 0) is 44.2 Å². The minimum atomic E-state index is -4.78. The van der Waals surface area contributed by atoms with Crippen LogP contribution >= 0.6 is 0 Å². The highest BCUT2D eigenvalue weighted by atomic mass is 19.4. The number of carbonyl (C=O) groups is 2. The Morgan fingerprint density at radius 3 is 2.37 bits per heavy atom. The number of benzene rings is 1. The molecule has 2 rings (SSSR count). The van der Waals surface area contributed by atoms with Gasteiger partial charge >= 0.3 is 6.36 Å². The van der Waals surface area contributed by atoms with Crippen LogP contribution in [0.5, 0.6) is 5.75 Å². The lowest BCUT2D eigenvalue weighted by Gasteiger charge is -2.17. The zero-order valence-electron chi connectivity index (χ0n) is 15.0. The summed E-state index contributed by atoms with van der Waals surface area (Å²) in [7, 11) is 1.48. The summed E-state index contributed by atoms with van der Waals surface area (Å²) in [4.78, 5) is 25.5. The van der Waals surface area contributed by atoms with Crippen molar-refractivity contribution in [3.05, 3.63) is 41.7 Å². The monoisotopic (exact) mass is 384 g/mol. The molecule has 0 unspecified atom stereocenters. The van der Waals surface area contributed by atoms with E-state index in [0.29, 0.717) is 0 Å². The number of ether oxygens (including phenoxy) is 1. The van der Waals surface area contributed by atoms with Crippen LogP contribution in [0.2, 0.25) is 0 Å². The number of rotatable bonds is 6. The summed E-state index contributed by atoms with van der Waals surface area (Å²) in [6, 6.07) is 6.56. The third kappa shape index (κ3) is 6.32. The summed E-state index contributed by atoms with van der Waals surface area (Å²) in [5.41, 5.74) is 1.91. The number of hydrogen-bond donors (Lipinski definition) is 1. The second-order valence-electron chi connectivity index (χ2n) is 5.95. The van der Waals surface area contributed by atoms with Crippen molar-refractivity contribution in [3.63, 3.8) is 0 Å². The molecule has 0 radical (unpaired) electrons. The number of halogens is 3. The molecule has 1 aromatic carbocycles. The minimum Gasteiger partial charge on any atom is -0.406 e. The van der Waals surface area contributed by atoms with Crippen molar-refractivity contribution in [2.75, 3.05) is 18.9 Å². The Labute approximate surface area is 153 Å². The molecule has 1 N–H and O–H groups in total. The molecule has 0 aliphatic rings. The first-order valence-corrected chi connectivity index (χ1v) is 7.94. The van der Waals surface area contributed by atoms with Crippen molar-refractivity contribution in [3.8, 4) is 5.75 Å². The average molecular weight is 384 g/mol. The first-order chi connectivity index (χ1) is 12.5. The lowest BCUT2D eigenvalue weighted by molar-refractivity contribution is -0.274. The molecule has 0 bridgehead atoms. The van der Waals surface area contributed by atoms with Gasteiger partial charge in [-0.3, -0.25) is 14.3 Å². The van der Waals surface area contributed by atoms with E-state index >= 15 is 0 Å². The van der Waals surface area contributed by atoms with Gasteiger partial charge in [-0.15, -0.1) is 13.2 Å². The van der Waals surface area contributed by atoms with Gasteiger partial charge in [0.05, 0.1) is 12.2 Å². The standard InChI is InChI=1S/C17H19F3N4O3/c1-11-8-12(2)24(22-11)10-16(26)23(3)9-15(25)21-13-4-6-14(7-5-13)27-17(18,19)20/h4-8H,9-10H2,1-3H3,(H,21,25). The van der Waals surface area contributed by atoms with Crippen molar-refractivity contribution >= 4 is 17.5 Å². The summed E-state index contributed by atoms with van der Waals surface area (Å²) in [6.07, 6.45) is -4.78. The number of amides is 2. The second kappa shape index (κ2) is 8.11. The third-order valence-electron chi connectivity index (χ3n) is 3.57. The Kier molecular flexibility index (Phi) is 6.09. The van der Waals surface area contributed by atoms with Gasteiger partial charge in [-0.1, -0.05) is 0 Å². The fourth-order valence-corrected chi connectivity index (χ4v) is 2.33. The van der Waals surface area contributed by atoms with Crippen LogP contribution < -0.4 is 10.1 Å². The number of anilines is 1. The molecule has 146 valence electrons. The molecule has 0 saturated carbocycles. The molecule has 0 saturated heterocycles. The van der Waals surface area contributed by atoms with E-state index in [2.05, 4.69) is 15.2 Å². The fraction of sp³-hybridized carbons (Fsp3) is 0.353. The second-order valence-corrected chi connectivity index (χ2v) is 5.95. The maximum Gasteiger partial charge on any atom is 0.573 e. The normalized spacial score (nSPS) is 11.2. The molecule has 2 aromatic rings. The number of carbonyl (C=O) groups excluding carboxylic acids is 2. The number of nitrogens with one attached hydrogen (secondary N) is 1. The quantitative estimate of drug-likeness (QED) is 0.830. The van der Waals surface area contributed by atoms with Crippen molar-refractivity contribution in [2.24, 2.45) is 0 Å². The van der Waals surface area contributed by atoms with E-state index in [9.17, 15) is 22.8 Å². The van der Waals surface area contributed by atoms with E-state index in [0.717, 1.165) is 23.5 Å². The summed E-state index contributed by atoms with van der Waals surface area (Å²) < 4.78 is 41.7. The molecule has 0 fully saturated rings. The maximum absolute atomic E-state index is 12.2. The molecule has 7 nitrogen and oxygen atoms in total. The van der Waals surface area contributed by atoms with Gasteiger partial charge in [0.1, 0.15) is 12.3 Å². The molecule has 1 heterocycles. The molecule has 0 atom stereocenters. The van der Waals surface area contributed by atoms with E-state index < -0.39 is 18.0 Å². The summed E-state index contributed by atoms with van der Waals surface area (Å²) in [5, 5.41) is 6.69.